The van der Waals surface area contributed by atoms with Gasteiger partial charge in [0, 0.05) is 5.38 Å². The molecule has 0 spiro atoms. The standard InChI is InChI=1S/C9H6Br2N2O4S3/c10-6-1-5(8(11)19-6)20(16,17)12-2-7-13-4(3-18-7)9(14)15/h1,3,12H,2H2,(H,14,15). The number of carboxylic acids is 1. The lowest BCUT2D eigenvalue weighted by Crippen LogP contribution is -2.23. The molecule has 2 rings (SSSR count). The third-order valence-corrected chi connectivity index (χ3v) is 7.10. The van der Waals surface area contributed by atoms with Crippen molar-refractivity contribution in [2.24, 2.45) is 0 Å². The minimum absolute atomic E-state index is 0.0554. The summed E-state index contributed by atoms with van der Waals surface area (Å²) >= 11 is 8.73. The van der Waals surface area contributed by atoms with E-state index >= 15 is 0 Å². The van der Waals surface area contributed by atoms with Gasteiger partial charge in [-0.3, -0.25) is 0 Å². The zero-order valence-electron chi connectivity index (χ0n) is 9.46. The average Bonchev–Trinajstić information content (AvgIpc) is 2.93. The van der Waals surface area contributed by atoms with E-state index in [2.05, 4.69) is 41.6 Å². The summed E-state index contributed by atoms with van der Waals surface area (Å²) in [4.78, 5) is 14.6. The van der Waals surface area contributed by atoms with Gasteiger partial charge in [-0.05, 0) is 37.9 Å². The average molecular weight is 462 g/mol. The predicted molar refractivity (Wildman–Crippen MR) is 82.8 cm³/mol. The number of hydrogen-bond donors (Lipinski definition) is 2. The van der Waals surface area contributed by atoms with Gasteiger partial charge >= 0.3 is 5.97 Å². The molecule has 0 bridgehead atoms. The third-order valence-electron chi connectivity index (χ3n) is 2.10. The lowest BCUT2D eigenvalue weighted by atomic mass is 10.5. The fourth-order valence-corrected chi connectivity index (χ4v) is 6.83. The number of nitrogens with zero attached hydrogens (tertiary/aromatic N) is 1. The molecular weight excluding hydrogens is 456 g/mol. The normalized spacial score (nSPS) is 11.7. The lowest BCUT2D eigenvalue weighted by molar-refractivity contribution is 0.0691. The molecule has 0 radical (unpaired) electrons. The van der Waals surface area contributed by atoms with E-state index in [-0.39, 0.29) is 17.1 Å². The molecule has 0 aliphatic carbocycles. The Morgan fingerprint density at radius 3 is 2.65 bits per heavy atom. The van der Waals surface area contributed by atoms with Crippen molar-refractivity contribution in [2.45, 2.75) is 11.4 Å². The fourth-order valence-electron chi connectivity index (χ4n) is 1.23. The summed E-state index contributed by atoms with van der Waals surface area (Å²) in [6.45, 7) is -0.0554. The van der Waals surface area contributed by atoms with E-state index in [9.17, 15) is 13.2 Å². The molecule has 0 aliphatic rings. The van der Waals surface area contributed by atoms with Crippen LogP contribution in [0.2, 0.25) is 0 Å². The second kappa shape index (κ2) is 6.20. The molecule has 0 atom stereocenters. The van der Waals surface area contributed by atoms with Gasteiger partial charge in [-0.2, -0.15) is 0 Å². The molecule has 0 fully saturated rings. The number of nitrogens with one attached hydrogen (secondary N) is 1. The van der Waals surface area contributed by atoms with Crippen LogP contribution >= 0.6 is 54.5 Å². The van der Waals surface area contributed by atoms with E-state index in [4.69, 9.17) is 5.11 Å². The number of hydrogen-bond acceptors (Lipinski definition) is 6. The van der Waals surface area contributed by atoms with Gasteiger partial charge in [0.05, 0.1) is 14.1 Å². The number of carboxylic acid groups (broad SMARTS) is 1. The molecule has 0 saturated heterocycles. The van der Waals surface area contributed by atoms with Crippen LogP contribution in [-0.4, -0.2) is 24.5 Å². The molecular formula is C9H6Br2N2O4S3. The predicted octanol–water partition coefficient (Wildman–Crippen LogP) is 2.91. The molecule has 0 aromatic carbocycles. The summed E-state index contributed by atoms with van der Waals surface area (Å²) in [6.07, 6.45) is 0. The van der Waals surface area contributed by atoms with Gasteiger partial charge in [0.1, 0.15) is 9.90 Å². The van der Waals surface area contributed by atoms with Gasteiger partial charge in [0.25, 0.3) is 0 Å². The number of rotatable bonds is 5. The highest BCUT2D eigenvalue weighted by molar-refractivity contribution is 9.12. The molecule has 20 heavy (non-hydrogen) atoms. The molecule has 108 valence electrons. The van der Waals surface area contributed by atoms with Crippen LogP contribution in [0, 0.1) is 0 Å². The first-order chi connectivity index (χ1) is 9.29. The molecule has 6 nitrogen and oxygen atoms in total. The first kappa shape index (κ1) is 16.0. The van der Waals surface area contributed by atoms with Crippen molar-refractivity contribution in [3.8, 4) is 0 Å². The summed E-state index contributed by atoms with van der Waals surface area (Å²) in [7, 11) is -3.68. The Kier molecular flexibility index (Phi) is 4.97. The Morgan fingerprint density at radius 2 is 2.15 bits per heavy atom. The highest BCUT2D eigenvalue weighted by atomic mass is 79.9. The minimum atomic E-state index is -3.68. The van der Waals surface area contributed by atoms with Crippen LogP contribution in [0.15, 0.2) is 23.9 Å². The van der Waals surface area contributed by atoms with E-state index in [1.807, 2.05) is 0 Å². The smallest absolute Gasteiger partial charge is 0.355 e. The van der Waals surface area contributed by atoms with Gasteiger partial charge in [0.2, 0.25) is 10.0 Å². The van der Waals surface area contributed by atoms with Gasteiger partial charge in [-0.1, -0.05) is 0 Å². The molecule has 0 amide bonds. The molecule has 2 aromatic rings. The van der Waals surface area contributed by atoms with Crippen molar-refractivity contribution in [3.63, 3.8) is 0 Å². The number of carbonyl (C=O) groups is 1. The fraction of sp³-hybridized carbons (Fsp3) is 0.111. The van der Waals surface area contributed by atoms with Gasteiger partial charge in [-0.15, -0.1) is 22.7 Å². The van der Waals surface area contributed by atoms with Crippen LogP contribution in [0.3, 0.4) is 0 Å². The Labute approximate surface area is 139 Å². The number of thiazole rings is 1. The van der Waals surface area contributed by atoms with E-state index in [0.29, 0.717) is 12.6 Å². The van der Waals surface area contributed by atoms with Gasteiger partial charge in [0.15, 0.2) is 5.69 Å². The second-order valence-corrected chi connectivity index (χ2v) is 9.87. The Hall–Kier alpha value is -0.330. The van der Waals surface area contributed by atoms with Crippen LogP contribution in [0.5, 0.6) is 0 Å². The van der Waals surface area contributed by atoms with Gasteiger partial charge < -0.3 is 5.11 Å². The van der Waals surface area contributed by atoms with Crippen LogP contribution in [0.4, 0.5) is 0 Å². The summed E-state index contributed by atoms with van der Waals surface area (Å²) in [5, 5.41) is 10.5. The number of halogens is 2. The molecule has 0 unspecified atom stereocenters. The van der Waals surface area contributed by atoms with E-state index in [1.54, 1.807) is 0 Å². The largest absolute Gasteiger partial charge is 0.476 e. The van der Waals surface area contributed by atoms with Crippen molar-refractivity contribution in [3.05, 3.63) is 29.7 Å². The monoisotopic (exact) mass is 460 g/mol. The Balaban J connectivity index is 2.13. The number of aromatic nitrogens is 1. The molecule has 2 aromatic heterocycles. The van der Waals surface area contributed by atoms with Crippen LogP contribution < -0.4 is 4.72 Å². The maximum atomic E-state index is 12.1. The van der Waals surface area contributed by atoms with Gasteiger partial charge in [-0.25, -0.2) is 22.9 Å². The lowest BCUT2D eigenvalue weighted by Gasteiger charge is -2.03. The zero-order valence-corrected chi connectivity index (χ0v) is 15.1. The van der Waals surface area contributed by atoms with Crippen LogP contribution in [0.1, 0.15) is 15.5 Å². The molecule has 11 heteroatoms. The van der Waals surface area contributed by atoms with Crippen molar-refractivity contribution in [2.75, 3.05) is 0 Å². The number of sulfonamides is 1. The Bertz CT molecular complexity index is 753. The summed E-state index contributed by atoms with van der Waals surface area (Å²) < 4.78 is 27.7. The maximum Gasteiger partial charge on any atom is 0.355 e. The Morgan fingerprint density at radius 1 is 1.45 bits per heavy atom. The second-order valence-electron chi connectivity index (χ2n) is 3.44. The van der Waals surface area contributed by atoms with E-state index < -0.39 is 16.0 Å². The summed E-state index contributed by atoms with van der Waals surface area (Å²) in [5.41, 5.74) is -0.0938. The molecule has 0 saturated carbocycles. The summed E-state index contributed by atoms with van der Waals surface area (Å²) in [5.74, 6) is -1.14. The van der Waals surface area contributed by atoms with E-state index in [1.165, 1.54) is 22.8 Å². The quantitative estimate of drug-likeness (QED) is 0.713. The highest BCUT2D eigenvalue weighted by Crippen LogP contribution is 2.34. The molecule has 0 aliphatic heterocycles. The van der Waals surface area contributed by atoms with Crippen LogP contribution in [-0.2, 0) is 16.6 Å². The van der Waals surface area contributed by atoms with E-state index in [0.717, 1.165) is 11.3 Å². The first-order valence-electron chi connectivity index (χ1n) is 4.92. The molecule has 2 N–H and O–H groups in total. The van der Waals surface area contributed by atoms with Crippen molar-refractivity contribution < 1.29 is 18.3 Å². The third kappa shape index (κ3) is 3.65. The minimum Gasteiger partial charge on any atom is -0.476 e. The topological polar surface area (TPSA) is 96.4 Å². The number of thiophene rings is 1. The molecule has 2 heterocycles. The van der Waals surface area contributed by atoms with Crippen LogP contribution in [0.25, 0.3) is 0 Å². The summed E-state index contributed by atoms with van der Waals surface area (Å²) in [6, 6.07) is 1.49. The van der Waals surface area contributed by atoms with Crippen molar-refractivity contribution >= 4 is 70.5 Å². The number of aromatic carboxylic acids is 1. The van der Waals surface area contributed by atoms with Crippen molar-refractivity contribution in [1.29, 1.82) is 0 Å². The maximum absolute atomic E-state index is 12.1. The first-order valence-corrected chi connectivity index (χ1v) is 9.68. The highest BCUT2D eigenvalue weighted by Gasteiger charge is 2.21. The van der Waals surface area contributed by atoms with Crippen molar-refractivity contribution in [1.82, 2.24) is 9.71 Å². The SMILES string of the molecule is O=C(O)c1csc(CNS(=O)(=O)c2cc(Br)sc2Br)n1. The zero-order chi connectivity index (χ0) is 14.9.